The van der Waals surface area contributed by atoms with Crippen molar-refractivity contribution in [1.82, 2.24) is 16.2 Å². The molecule has 0 spiro atoms. The first-order chi connectivity index (χ1) is 13.0. The second-order valence-corrected chi connectivity index (χ2v) is 6.54. The highest BCUT2D eigenvalue weighted by Gasteiger charge is 2.06. The van der Waals surface area contributed by atoms with Crippen LogP contribution in [-0.4, -0.2) is 31.3 Å². The molecule has 0 aliphatic carbocycles. The molecule has 0 fully saturated rings. The second kappa shape index (κ2) is 10.7. The first kappa shape index (κ1) is 21.0. The van der Waals surface area contributed by atoms with Gasteiger partial charge in [0.1, 0.15) is 12.4 Å². The van der Waals surface area contributed by atoms with Crippen molar-refractivity contribution in [2.75, 3.05) is 20.3 Å². The fraction of sp³-hybridized carbons (Fsp3) is 0.263. The van der Waals surface area contributed by atoms with Gasteiger partial charge < -0.3 is 14.8 Å². The van der Waals surface area contributed by atoms with Crippen molar-refractivity contribution in [2.45, 2.75) is 13.5 Å². The number of benzene rings is 2. The van der Waals surface area contributed by atoms with E-state index in [4.69, 9.17) is 33.3 Å². The van der Waals surface area contributed by atoms with Gasteiger partial charge in [0.15, 0.2) is 5.11 Å². The van der Waals surface area contributed by atoms with Crippen molar-refractivity contribution in [1.29, 1.82) is 0 Å². The first-order valence-corrected chi connectivity index (χ1v) is 9.09. The van der Waals surface area contributed by atoms with Gasteiger partial charge in [-0.1, -0.05) is 23.7 Å². The Balaban J connectivity index is 1.80. The lowest BCUT2D eigenvalue weighted by Crippen LogP contribution is -2.47. The third kappa shape index (κ3) is 7.05. The highest BCUT2D eigenvalue weighted by Crippen LogP contribution is 2.21. The molecule has 27 heavy (non-hydrogen) atoms. The van der Waals surface area contributed by atoms with Crippen LogP contribution in [0.25, 0.3) is 0 Å². The fourth-order valence-corrected chi connectivity index (χ4v) is 2.39. The van der Waals surface area contributed by atoms with Gasteiger partial charge in [0.2, 0.25) is 0 Å². The van der Waals surface area contributed by atoms with Gasteiger partial charge in [0.05, 0.1) is 6.61 Å². The summed E-state index contributed by atoms with van der Waals surface area (Å²) in [5, 5.41) is 3.93. The van der Waals surface area contributed by atoms with Crippen LogP contribution >= 0.6 is 23.8 Å². The molecule has 0 aliphatic heterocycles. The van der Waals surface area contributed by atoms with Crippen molar-refractivity contribution in [3.63, 3.8) is 0 Å². The number of carbonyl (C=O) groups is 1. The van der Waals surface area contributed by atoms with Crippen LogP contribution in [0.4, 0.5) is 0 Å². The predicted molar refractivity (Wildman–Crippen MR) is 110 cm³/mol. The Morgan fingerprint density at radius 1 is 1.15 bits per heavy atom. The third-order valence-corrected chi connectivity index (χ3v) is 4.30. The summed E-state index contributed by atoms with van der Waals surface area (Å²) in [5.74, 6) is 0.462. The molecule has 0 saturated carbocycles. The fourth-order valence-electron chi connectivity index (χ4n) is 2.12. The minimum absolute atomic E-state index is 0.285. The van der Waals surface area contributed by atoms with E-state index in [0.717, 1.165) is 16.9 Å². The number of carbonyl (C=O) groups excluding carboxylic acids is 1. The quantitative estimate of drug-likeness (QED) is 0.372. The number of halogens is 1. The zero-order valence-corrected chi connectivity index (χ0v) is 16.7. The van der Waals surface area contributed by atoms with E-state index in [1.54, 1.807) is 25.3 Å². The highest BCUT2D eigenvalue weighted by atomic mass is 35.5. The van der Waals surface area contributed by atoms with Gasteiger partial charge in [-0.25, -0.2) is 0 Å². The number of thiocarbonyl (C=S) groups is 1. The van der Waals surface area contributed by atoms with E-state index in [1.807, 2.05) is 31.2 Å². The van der Waals surface area contributed by atoms with Gasteiger partial charge in [0, 0.05) is 24.2 Å². The first-order valence-electron chi connectivity index (χ1n) is 8.30. The van der Waals surface area contributed by atoms with Crippen molar-refractivity contribution < 1.29 is 14.3 Å². The molecule has 6 nitrogen and oxygen atoms in total. The lowest BCUT2D eigenvalue weighted by Gasteiger charge is -2.11. The molecule has 0 radical (unpaired) electrons. The second-order valence-electron chi connectivity index (χ2n) is 5.72. The van der Waals surface area contributed by atoms with Gasteiger partial charge in [-0.05, 0) is 60.6 Å². The van der Waals surface area contributed by atoms with Gasteiger partial charge in [-0.2, -0.15) is 0 Å². The molecule has 0 aromatic heterocycles. The number of hydrazine groups is 1. The number of hydrogen-bond acceptors (Lipinski definition) is 4. The normalized spacial score (nSPS) is 10.2. The predicted octanol–water partition coefficient (Wildman–Crippen LogP) is 2.98. The van der Waals surface area contributed by atoms with Crippen LogP contribution in [0.5, 0.6) is 5.75 Å². The van der Waals surface area contributed by atoms with E-state index in [1.165, 1.54) is 0 Å². The van der Waals surface area contributed by atoms with Crippen molar-refractivity contribution in [2.24, 2.45) is 0 Å². The third-order valence-electron chi connectivity index (χ3n) is 3.63. The molecule has 2 aromatic carbocycles. The minimum Gasteiger partial charge on any atom is -0.489 e. The Hall–Kier alpha value is -2.35. The van der Waals surface area contributed by atoms with Crippen LogP contribution in [0.3, 0.4) is 0 Å². The van der Waals surface area contributed by atoms with Crippen LogP contribution in [0, 0.1) is 6.92 Å². The maximum absolute atomic E-state index is 12.1. The molecule has 0 unspecified atom stereocenters. The largest absolute Gasteiger partial charge is 0.489 e. The van der Waals surface area contributed by atoms with E-state index < -0.39 is 0 Å². The van der Waals surface area contributed by atoms with Crippen LogP contribution < -0.4 is 20.9 Å². The summed E-state index contributed by atoms with van der Waals surface area (Å²) in [6, 6.07) is 12.7. The van der Waals surface area contributed by atoms with Gasteiger partial charge in [0.25, 0.3) is 5.91 Å². The van der Waals surface area contributed by atoms with E-state index in [9.17, 15) is 4.79 Å². The summed E-state index contributed by atoms with van der Waals surface area (Å²) in [5.41, 5.74) is 7.59. The summed E-state index contributed by atoms with van der Waals surface area (Å²) in [6.45, 7) is 3.40. The number of amides is 1. The SMILES string of the molecule is COCCNC(=S)NNC(=O)c1ccc(COc2ccc(Cl)c(C)c2)cc1. The summed E-state index contributed by atoms with van der Waals surface area (Å²) < 4.78 is 10.7. The van der Waals surface area contributed by atoms with Crippen molar-refractivity contribution >= 4 is 34.8 Å². The molecule has 2 aromatic rings. The van der Waals surface area contributed by atoms with Gasteiger partial charge in [-0.3, -0.25) is 15.6 Å². The number of methoxy groups -OCH3 is 1. The number of nitrogens with one attached hydrogen (secondary N) is 3. The molecule has 144 valence electrons. The summed E-state index contributed by atoms with van der Waals surface area (Å²) >= 11 is 11.0. The van der Waals surface area contributed by atoms with Crippen LogP contribution in [0.2, 0.25) is 5.02 Å². The van der Waals surface area contributed by atoms with E-state index >= 15 is 0 Å². The molecule has 2 rings (SSSR count). The Bertz CT molecular complexity index is 784. The molecule has 0 aliphatic rings. The molecule has 0 bridgehead atoms. The topological polar surface area (TPSA) is 71.6 Å². The Morgan fingerprint density at radius 3 is 2.56 bits per heavy atom. The lowest BCUT2D eigenvalue weighted by atomic mass is 10.1. The molecule has 3 N–H and O–H groups in total. The average Bonchev–Trinajstić information content (AvgIpc) is 2.67. The standard InChI is InChI=1S/C19H22ClN3O3S/c1-13-11-16(7-8-17(13)20)26-12-14-3-5-15(6-4-14)18(24)22-23-19(27)21-9-10-25-2/h3-8,11H,9-10,12H2,1-2H3,(H,22,24)(H2,21,23,27). The molecule has 8 heteroatoms. The van der Waals surface area contributed by atoms with Crippen molar-refractivity contribution in [3.8, 4) is 5.75 Å². The molecule has 0 heterocycles. The summed E-state index contributed by atoms with van der Waals surface area (Å²) in [4.78, 5) is 12.1. The van der Waals surface area contributed by atoms with Crippen LogP contribution in [-0.2, 0) is 11.3 Å². The van der Waals surface area contributed by atoms with Crippen molar-refractivity contribution in [3.05, 3.63) is 64.2 Å². The maximum atomic E-state index is 12.1. The zero-order chi connectivity index (χ0) is 19.6. The summed E-state index contributed by atoms with van der Waals surface area (Å²) in [6.07, 6.45) is 0. The molecular formula is C19H22ClN3O3S. The maximum Gasteiger partial charge on any atom is 0.269 e. The molecule has 0 atom stereocenters. The Labute approximate surface area is 169 Å². The Kier molecular flexibility index (Phi) is 8.32. The molecule has 1 amide bonds. The molecule has 0 saturated heterocycles. The monoisotopic (exact) mass is 407 g/mol. The van der Waals surface area contributed by atoms with Crippen LogP contribution in [0.15, 0.2) is 42.5 Å². The van der Waals surface area contributed by atoms with Crippen LogP contribution in [0.1, 0.15) is 21.5 Å². The highest BCUT2D eigenvalue weighted by molar-refractivity contribution is 7.80. The minimum atomic E-state index is -0.285. The van der Waals surface area contributed by atoms with E-state index in [2.05, 4.69) is 16.2 Å². The van der Waals surface area contributed by atoms with E-state index in [-0.39, 0.29) is 5.91 Å². The number of rotatable bonds is 7. The summed E-state index contributed by atoms with van der Waals surface area (Å²) in [7, 11) is 1.60. The number of ether oxygens (including phenoxy) is 2. The number of hydrogen-bond donors (Lipinski definition) is 3. The average molecular weight is 408 g/mol. The zero-order valence-electron chi connectivity index (χ0n) is 15.2. The van der Waals surface area contributed by atoms with Gasteiger partial charge >= 0.3 is 0 Å². The number of aryl methyl sites for hydroxylation is 1. The lowest BCUT2D eigenvalue weighted by molar-refractivity contribution is 0.0943. The Morgan fingerprint density at radius 2 is 1.89 bits per heavy atom. The van der Waals surface area contributed by atoms with E-state index in [0.29, 0.717) is 35.5 Å². The van der Waals surface area contributed by atoms with Gasteiger partial charge in [-0.15, -0.1) is 0 Å². The molecular weight excluding hydrogens is 386 g/mol. The smallest absolute Gasteiger partial charge is 0.269 e.